The van der Waals surface area contributed by atoms with Crippen molar-refractivity contribution in [3.63, 3.8) is 0 Å². The summed E-state index contributed by atoms with van der Waals surface area (Å²) < 4.78 is 43.8. The molecule has 0 heterocycles. The van der Waals surface area contributed by atoms with Gasteiger partial charge in [-0.1, -0.05) is 42.0 Å². The van der Waals surface area contributed by atoms with Gasteiger partial charge in [0, 0.05) is 5.57 Å². The van der Waals surface area contributed by atoms with Crippen LogP contribution in [0.4, 0.5) is 13.2 Å². The molecule has 3 rings (SSSR count). The number of halogens is 3. The number of carbonyl (C=O) groups excluding carboxylic acids is 1. The average molecular weight is 402 g/mol. The van der Waals surface area contributed by atoms with Crippen LogP contribution in [0.3, 0.4) is 0 Å². The molecule has 6 heteroatoms. The van der Waals surface area contributed by atoms with Crippen LogP contribution in [0.1, 0.15) is 36.0 Å². The zero-order valence-electron chi connectivity index (χ0n) is 15.9. The Morgan fingerprint density at radius 3 is 2.34 bits per heavy atom. The SMILES string of the molecule is Cc1ccc(COc2ccc(C=C3CCCC(C(=O)C(F)(F)F)=C3O)cc2)cc1. The molecule has 0 unspecified atom stereocenters. The van der Waals surface area contributed by atoms with Crippen LogP contribution in [0.2, 0.25) is 0 Å². The van der Waals surface area contributed by atoms with Crippen LogP contribution < -0.4 is 4.74 Å². The van der Waals surface area contributed by atoms with Crippen molar-refractivity contribution in [1.29, 1.82) is 0 Å². The largest absolute Gasteiger partial charge is 0.507 e. The van der Waals surface area contributed by atoms with Gasteiger partial charge < -0.3 is 9.84 Å². The van der Waals surface area contributed by atoms with Crippen LogP contribution in [-0.2, 0) is 11.4 Å². The van der Waals surface area contributed by atoms with Gasteiger partial charge in [0.15, 0.2) is 0 Å². The van der Waals surface area contributed by atoms with Gasteiger partial charge in [0.1, 0.15) is 18.1 Å². The highest BCUT2D eigenvalue weighted by Gasteiger charge is 2.42. The number of ketones is 1. The normalized spacial score (nSPS) is 16.2. The van der Waals surface area contributed by atoms with Crippen LogP contribution in [0.25, 0.3) is 6.08 Å². The van der Waals surface area contributed by atoms with E-state index >= 15 is 0 Å². The summed E-state index contributed by atoms with van der Waals surface area (Å²) in [7, 11) is 0. The van der Waals surface area contributed by atoms with Gasteiger partial charge in [0.2, 0.25) is 0 Å². The molecule has 0 radical (unpaired) electrons. The lowest BCUT2D eigenvalue weighted by Gasteiger charge is -2.19. The second-order valence-corrected chi connectivity index (χ2v) is 7.02. The summed E-state index contributed by atoms with van der Waals surface area (Å²) in [4.78, 5) is 11.5. The predicted molar refractivity (Wildman–Crippen MR) is 104 cm³/mol. The highest BCUT2D eigenvalue weighted by atomic mass is 19.4. The van der Waals surface area contributed by atoms with Gasteiger partial charge in [0.25, 0.3) is 5.78 Å². The summed E-state index contributed by atoms with van der Waals surface area (Å²) in [5.41, 5.74) is 2.69. The van der Waals surface area contributed by atoms with Crippen molar-refractivity contribution in [2.45, 2.75) is 39.0 Å². The summed E-state index contributed by atoms with van der Waals surface area (Å²) in [6.45, 7) is 2.44. The topological polar surface area (TPSA) is 46.5 Å². The molecule has 152 valence electrons. The maximum atomic E-state index is 12.7. The number of aliphatic hydroxyl groups excluding tert-OH is 1. The molecule has 0 aromatic heterocycles. The number of aryl methyl sites for hydroxylation is 1. The number of alkyl halides is 3. The molecular formula is C23H21F3O3. The lowest BCUT2D eigenvalue weighted by Crippen LogP contribution is -2.27. The van der Waals surface area contributed by atoms with Gasteiger partial charge >= 0.3 is 6.18 Å². The van der Waals surface area contributed by atoms with Crippen molar-refractivity contribution in [2.75, 3.05) is 0 Å². The fourth-order valence-corrected chi connectivity index (χ4v) is 3.13. The number of rotatable bonds is 5. The highest BCUT2D eigenvalue weighted by molar-refractivity contribution is 6.00. The number of ether oxygens (including phenoxy) is 1. The predicted octanol–water partition coefficient (Wildman–Crippen LogP) is 6.08. The average Bonchev–Trinajstić information content (AvgIpc) is 2.69. The second-order valence-electron chi connectivity index (χ2n) is 7.02. The van der Waals surface area contributed by atoms with Gasteiger partial charge in [-0.05, 0) is 61.1 Å². The maximum Gasteiger partial charge on any atom is 0.454 e. The number of aliphatic hydroxyl groups is 1. The summed E-state index contributed by atoms with van der Waals surface area (Å²) >= 11 is 0. The molecule has 2 aromatic carbocycles. The molecule has 0 bridgehead atoms. The Morgan fingerprint density at radius 2 is 1.72 bits per heavy atom. The quantitative estimate of drug-likeness (QED) is 0.659. The van der Waals surface area contributed by atoms with Crippen molar-refractivity contribution in [3.05, 3.63) is 82.1 Å². The lowest BCUT2D eigenvalue weighted by atomic mass is 9.89. The lowest BCUT2D eigenvalue weighted by molar-refractivity contribution is -0.167. The van der Waals surface area contributed by atoms with Crippen LogP contribution in [0.5, 0.6) is 5.75 Å². The molecule has 2 aromatic rings. The number of hydrogen-bond acceptors (Lipinski definition) is 3. The minimum Gasteiger partial charge on any atom is -0.507 e. The molecule has 1 aliphatic carbocycles. The Bertz CT molecular complexity index is 937. The molecule has 1 aliphatic rings. The van der Waals surface area contributed by atoms with Crippen molar-refractivity contribution in [3.8, 4) is 5.75 Å². The van der Waals surface area contributed by atoms with Gasteiger partial charge in [-0.15, -0.1) is 0 Å². The van der Waals surface area contributed by atoms with E-state index < -0.39 is 23.3 Å². The fraction of sp³-hybridized carbons (Fsp3) is 0.261. The standard InChI is InChI=1S/C23H21F3O3/c1-15-5-7-17(8-6-15)14-29-19-11-9-16(10-12-19)13-18-3-2-4-20(21(18)27)22(28)23(24,25)26/h5-13,27H,2-4,14H2,1H3. The summed E-state index contributed by atoms with van der Waals surface area (Å²) in [6, 6.07) is 15.0. The Balaban J connectivity index is 1.71. The van der Waals surface area contributed by atoms with E-state index in [-0.39, 0.29) is 6.42 Å². The number of benzene rings is 2. The molecule has 0 spiro atoms. The first-order valence-corrected chi connectivity index (χ1v) is 9.27. The third kappa shape index (κ3) is 5.28. The molecule has 0 atom stereocenters. The van der Waals surface area contributed by atoms with E-state index in [9.17, 15) is 23.1 Å². The van der Waals surface area contributed by atoms with Gasteiger partial charge in [-0.2, -0.15) is 13.2 Å². The molecule has 0 fully saturated rings. The Morgan fingerprint density at radius 1 is 1.07 bits per heavy atom. The number of allylic oxidation sites excluding steroid dienone is 2. The maximum absolute atomic E-state index is 12.7. The molecular weight excluding hydrogens is 381 g/mol. The number of hydrogen-bond donors (Lipinski definition) is 1. The zero-order chi connectivity index (χ0) is 21.0. The Kier molecular flexibility index (Phi) is 6.11. The second kappa shape index (κ2) is 8.55. The van der Waals surface area contributed by atoms with E-state index in [1.807, 2.05) is 31.2 Å². The van der Waals surface area contributed by atoms with Crippen molar-refractivity contribution >= 4 is 11.9 Å². The fourth-order valence-electron chi connectivity index (χ4n) is 3.13. The molecule has 0 saturated heterocycles. The molecule has 3 nitrogen and oxygen atoms in total. The van der Waals surface area contributed by atoms with Gasteiger partial charge in [-0.25, -0.2) is 0 Å². The summed E-state index contributed by atoms with van der Waals surface area (Å²) in [5, 5.41) is 10.2. The van der Waals surface area contributed by atoms with E-state index in [2.05, 4.69) is 0 Å². The minimum atomic E-state index is -4.98. The highest BCUT2D eigenvalue weighted by Crippen LogP contribution is 2.34. The smallest absolute Gasteiger partial charge is 0.454 e. The first-order valence-electron chi connectivity index (χ1n) is 9.27. The minimum absolute atomic E-state index is 0.0761. The third-order valence-electron chi connectivity index (χ3n) is 4.74. The van der Waals surface area contributed by atoms with Crippen molar-refractivity contribution < 1.29 is 27.8 Å². The van der Waals surface area contributed by atoms with Crippen LogP contribution in [-0.4, -0.2) is 17.1 Å². The molecule has 0 amide bonds. The monoisotopic (exact) mass is 402 g/mol. The number of carbonyl (C=O) groups is 1. The summed E-state index contributed by atoms with van der Waals surface area (Å²) in [5.74, 6) is -1.87. The van der Waals surface area contributed by atoms with Crippen molar-refractivity contribution in [1.82, 2.24) is 0 Å². The third-order valence-corrected chi connectivity index (χ3v) is 4.74. The van der Waals surface area contributed by atoms with Gasteiger partial charge in [0.05, 0.1) is 0 Å². The number of Topliss-reactive ketones (excluding diaryl/α,β-unsaturated/α-hetero) is 1. The Labute approximate surface area is 167 Å². The summed E-state index contributed by atoms with van der Waals surface area (Å²) in [6.07, 6.45) is -2.67. The van der Waals surface area contributed by atoms with E-state index in [4.69, 9.17) is 4.74 Å². The molecule has 1 N–H and O–H groups in total. The van der Waals surface area contributed by atoms with E-state index in [0.29, 0.717) is 36.3 Å². The van der Waals surface area contributed by atoms with Crippen molar-refractivity contribution in [2.24, 2.45) is 0 Å². The van der Waals surface area contributed by atoms with E-state index in [1.54, 1.807) is 30.3 Å². The zero-order valence-corrected chi connectivity index (χ0v) is 15.9. The first-order chi connectivity index (χ1) is 13.7. The van der Waals surface area contributed by atoms with E-state index in [1.165, 1.54) is 5.56 Å². The molecule has 0 aliphatic heterocycles. The van der Waals surface area contributed by atoms with Crippen LogP contribution >= 0.6 is 0 Å². The van der Waals surface area contributed by atoms with Crippen LogP contribution in [0, 0.1) is 6.92 Å². The van der Waals surface area contributed by atoms with Gasteiger partial charge in [-0.3, -0.25) is 4.79 Å². The molecule has 29 heavy (non-hydrogen) atoms. The first kappa shape index (κ1) is 20.7. The molecule has 0 saturated carbocycles. The van der Waals surface area contributed by atoms with Crippen LogP contribution in [0.15, 0.2) is 65.4 Å². The Hall–Kier alpha value is -3.02. The van der Waals surface area contributed by atoms with E-state index in [0.717, 1.165) is 5.56 Å².